The van der Waals surface area contributed by atoms with Crippen LogP contribution in [-0.4, -0.2) is 11.9 Å². The molecule has 1 aromatic rings. The van der Waals surface area contributed by atoms with Gasteiger partial charge in [0.1, 0.15) is 11.6 Å². The van der Waals surface area contributed by atoms with Gasteiger partial charge in [-0.1, -0.05) is 32.9 Å². The van der Waals surface area contributed by atoms with E-state index in [0.29, 0.717) is 12.3 Å². The minimum absolute atomic E-state index is 0.0810. The Hall–Kier alpha value is -1.51. The molecule has 3 nitrogen and oxygen atoms in total. The smallest absolute Gasteiger partial charge is 0.155 e. The number of benzene rings is 1. The Kier molecular flexibility index (Phi) is 4.35. The van der Waals surface area contributed by atoms with Crippen molar-refractivity contribution < 1.29 is 4.74 Å². The zero-order valence-electron chi connectivity index (χ0n) is 10.2. The molecule has 0 aliphatic heterocycles. The van der Waals surface area contributed by atoms with Gasteiger partial charge in [0.2, 0.25) is 0 Å². The van der Waals surface area contributed by atoms with E-state index in [4.69, 9.17) is 15.9 Å². The van der Waals surface area contributed by atoms with Crippen molar-refractivity contribution in [1.29, 1.82) is 5.41 Å². The number of nitrogens with two attached hydrogens (primary N) is 1. The lowest BCUT2D eigenvalue weighted by Crippen LogP contribution is -2.32. The van der Waals surface area contributed by atoms with E-state index in [1.165, 1.54) is 5.56 Å². The second-order valence-corrected chi connectivity index (χ2v) is 4.20. The fourth-order valence-corrected chi connectivity index (χ4v) is 1.48. The van der Waals surface area contributed by atoms with Crippen molar-refractivity contribution in [1.82, 2.24) is 0 Å². The molecule has 0 bridgehead atoms. The highest BCUT2D eigenvalue weighted by molar-refractivity contribution is 5.81. The lowest BCUT2D eigenvalue weighted by atomic mass is 10.0. The summed E-state index contributed by atoms with van der Waals surface area (Å²) in [4.78, 5) is 0. The molecule has 0 fully saturated rings. The predicted molar refractivity (Wildman–Crippen MR) is 67.2 cm³/mol. The summed E-state index contributed by atoms with van der Waals surface area (Å²) in [5.74, 6) is 1.34. The molecule has 3 heteroatoms. The summed E-state index contributed by atoms with van der Waals surface area (Å²) in [7, 11) is 0. The van der Waals surface area contributed by atoms with Crippen LogP contribution in [0.25, 0.3) is 0 Å². The standard InChI is InChI=1S/C13H20N2O/c1-4-12(13(14)15)16-11-7-5-6-10(8-11)9(2)3/h5-9,12H,4H2,1-3H3,(H3,14,15). The second-order valence-electron chi connectivity index (χ2n) is 4.20. The molecule has 0 aromatic heterocycles. The quantitative estimate of drug-likeness (QED) is 0.592. The summed E-state index contributed by atoms with van der Waals surface area (Å²) in [5, 5.41) is 7.39. The normalized spacial score (nSPS) is 12.5. The molecule has 1 atom stereocenters. The summed E-state index contributed by atoms with van der Waals surface area (Å²) < 4.78 is 5.67. The molecule has 1 unspecified atom stereocenters. The van der Waals surface area contributed by atoms with Crippen LogP contribution in [0.1, 0.15) is 38.7 Å². The molecule has 0 amide bonds. The minimum Gasteiger partial charge on any atom is -0.483 e. The fourth-order valence-electron chi connectivity index (χ4n) is 1.48. The van der Waals surface area contributed by atoms with Crippen LogP contribution in [0.4, 0.5) is 0 Å². The second kappa shape index (κ2) is 5.54. The van der Waals surface area contributed by atoms with Crippen LogP contribution in [0.2, 0.25) is 0 Å². The van der Waals surface area contributed by atoms with Crippen LogP contribution in [0, 0.1) is 5.41 Å². The highest BCUT2D eigenvalue weighted by atomic mass is 16.5. The topological polar surface area (TPSA) is 59.1 Å². The first-order valence-electron chi connectivity index (χ1n) is 5.65. The van der Waals surface area contributed by atoms with E-state index in [2.05, 4.69) is 19.9 Å². The van der Waals surface area contributed by atoms with E-state index in [0.717, 1.165) is 5.75 Å². The van der Waals surface area contributed by atoms with Crippen LogP contribution in [0.5, 0.6) is 5.75 Å². The van der Waals surface area contributed by atoms with Crippen LogP contribution in [0.15, 0.2) is 24.3 Å². The average molecular weight is 220 g/mol. The molecule has 0 radical (unpaired) electrons. The van der Waals surface area contributed by atoms with E-state index < -0.39 is 0 Å². The number of ether oxygens (including phenoxy) is 1. The van der Waals surface area contributed by atoms with E-state index in [1.54, 1.807) is 0 Å². The van der Waals surface area contributed by atoms with Crippen LogP contribution in [-0.2, 0) is 0 Å². The highest BCUT2D eigenvalue weighted by Crippen LogP contribution is 2.21. The maximum atomic E-state index is 7.39. The van der Waals surface area contributed by atoms with E-state index >= 15 is 0 Å². The van der Waals surface area contributed by atoms with E-state index in [9.17, 15) is 0 Å². The number of hydrogen-bond donors (Lipinski definition) is 2. The third-order valence-electron chi connectivity index (χ3n) is 2.52. The van der Waals surface area contributed by atoms with Crippen molar-refractivity contribution in [2.45, 2.75) is 39.2 Å². The molecule has 16 heavy (non-hydrogen) atoms. The van der Waals surface area contributed by atoms with E-state index in [-0.39, 0.29) is 11.9 Å². The summed E-state index contributed by atoms with van der Waals surface area (Å²) in [5.41, 5.74) is 6.68. The molecule has 0 aliphatic carbocycles. The van der Waals surface area contributed by atoms with Gasteiger partial charge in [-0.3, -0.25) is 5.41 Å². The van der Waals surface area contributed by atoms with Gasteiger partial charge in [0.15, 0.2) is 6.10 Å². The van der Waals surface area contributed by atoms with Gasteiger partial charge >= 0.3 is 0 Å². The third-order valence-corrected chi connectivity index (χ3v) is 2.52. The number of rotatable bonds is 5. The number of amidine groups is 1. The Balaban J connectivity index is 2.80. The van der Waals surface area contributed by atoms with Gasteiger partial charge in [0.05, 0.1) is 0 Å². The zero-order chi connectivity index (χ0) is 12.1. The van der Waals surface area contributed by atoms with E-state index in [1.807, 2.05) is 25.1 Å². The Morgan fingerprint density at radius 3 is 2.62 bits per heavy atom. The average Bonchev–Trinajstić information content (AvgIpc) is 2.25. The highest BCUT2D eigenvalue weighted by Gasteiger charge is 2.11. The van der Waals surface area contributed by atoms with Gasteiger partial charge < -0.3 is 10.5 Å². The first kappa shape index (κ1) is 12.6. The molecule has 1 aromatic carbocycles. The maximum Gasteiger partial charge on any atom is 0.155 e. The van der Waals surface area contributed by atoms with Crippen molar-refractivity contribution in [3.63, 3.8) is 0 Å². The Bertz CT molecular complexity index is 361. The number of hydrogen-bond acceptors (Lipinski definition) is 2. The molecule has 0 saturated carbocycles. The van der Waals surface area contributed by atoms with Crippen molar-refractivity contribution in [3.05, 3.63) is 29.8 Å². The Morgan fingerprint density at radius 1 is 1.44 bits per heavy atom. The molecule has 0 spiro atoms. The van der Waals surface area contributed by atoms with Gasteiger partial charge in [-0.05, 0) is 30.0 Å². The molecular weight excluding hydrogens is 200 g/mol. The lowest BCUT2D eigenvalue weighted by molar-refractivity contribution is 0.260. The largest absolute Gasteiger partial charge is 0.483 e. The minimum atomic E-state index is -0.317. The zero-order valence-corrected chi connectivity index (χ0v) is 10.2. The fraction of sp³-hybridized carbons (Fsp3) is 0.462. The van der Waals surface area contributed by atoms with Gasteiger partial charge in [0, 0.05) is 0 Å². The van der Waals surface area contributed by atoms with Gasteiger partial charge in [-0.25, -0.2) is 0 Å². The van der Waals surface area contributed by atoms with Crippen LogP contribution in [0.3, 0.4) is 0 Å². The lowest BCUT2D eigenvalue weighted by Gasteiger charge is -2.17. The van der Waals surface area contributed by atoms with Gasteiger partial charge in [-0.2, -0.15) is 0 Å². The molecule has 0 heterocycles. The van der Waals surface area contributed by atoms with Crippen LogP contribution < -0.4 is 10.5 Å². The Labute approximate surface area is 97.1 Å². The SMILES string of the molecule is CCC(Oc1cccc(C(C)C)c1)C(=N)N. The van der Waals surface area contributed by atoms with Crippen LogP contribution >= 0.6 is 0 Å². The summed E-state index contributed by atoms with van der Waals surface area (Å²) in [6.07, 6.45) is 0.392. The summed E-state index contributed by atoms with van der Waals surface area (Å²) in [6.45, 7) is 6.24. The van der Waals surface area contributed by atoms with Crippen molar-refractivity contribution in [2.75, 3.05) is 0 Å². The molecular formula is C13H20N2O. The summed E-state index contributed by atoms with van der Waals surface area (Å²) in [6, 6.07) is 7.96. The monoisotopic (exact) mass is 220 g/mol. The molecule has 88 valence electrons. The van der Waals surface area contributed by atoms with Crippen molar-refractivity contribution >= 4 is 5.84 Å². The molecule has 0 saturated heterocycles. The van der Waals surface area contributed by atoms with Gasteiger partial charge in [0.25, 0.3) is 0 Å². The molecule has 3 N–H and O–H groups in total. The maximum absolute atomic E-state index is 7.39. The van der Waals surface area contributed by atoms with Crippen molar-refractivity contribution in [3.8, 4) is 5.75 Å². The number of nitrogens with one attached hydrogen (secondary N) is 1. The first-order valence-corrected chi connectivity index (χ1v) is 5.65. The van der Waals surface area contributed by atoms with Gasteiger partial charge in [-0.15, -0.1) is 0 Å². The molecule has 0 aliphatic rings. The summed E-state index contributed by atoms with van der Waals surface area (Å²) >= 11 is 0. The Morgan fingerprint density at radius 2 is 2.12 bits per heavy atom. The molecule has 1 rings (SSSR count). The third kappa shape index (κ3) is 3.26. The van der Waals surface area contributed by atoms with Crippen molar-refractivity contribution in [2.24, 2.45) is 5.73 Å². The first-order chi connectivity index (χ1) is 7.54. The predicted octanol–water partition coefficient (Wildman–Crippen LogP) is 2.90.